The number of nitrogens with two attached hydrogens (primary N) is 1. The molecule has 0 atom stereocenters. The first-order valence-corrected chi connectivity index (χ1v) is 4.43. The second-order valence-corrected chi connectivity index (χ2v) is 2.94. The summed E-state index contributed by atoms with van der Waals surface area (Å²) >= 11 is 0. The number of nitrogens with zero attached hydrogens (tertiary/aromatic N) is 4. The molecule has 2 N–H and O–H groups in total. The van der Waals surface area contributed by atoms with E-state index < -0.39 is 5.91 Å². The predicted molar refractivity (Wildman–Crippen MR) is 55.8 cm³/mol. The molecule has 0 saturated heterocycles. The van der Waals surface area contributed by atoms with Gasteiger partial charge in [-0.05, 0) is 6.07 Å². The number of amides is 1. The number of hydrogen-bond donors (Lipinski definition) is 1. The molecule has 0 aliphatic heterocycles. The van der Waals surface area contributed by atoms with Gasteiger partial charge in [0.15, 0.2) is 0 Å². The summed E-state index contributed by atoms with van der Waals surface area (Å²) in [5.41, 5.74) is 6.06. The molecular weight excluding hydrogens is 206 g/mol. The monoisotopic (exact) mass is 215 g/mol. The van der Waals surface area contributed by atoms with Crippen molar-refractivity contribution in [3.63, 3.8) is 0 Å². The van der Waals surface area contributed by atoms with Crippen molar-refractivity contribution in [1.82, 2.24) is 9.88 Å². The molecule has 0 bridgehead atoms. The van der Waals surface area contributed by atoms with E-state index >= 15 is 0 Å². The van der Waals surface area contributed by atoms with Crippen LogP contribution in [0.4, 0.5) is 5.69 Å². The molecule has 0 radical (unpaired) electrons. The fourth-order valence-corrected chi connectivity index (χ4v) is 1.14. The van der Waals surface area contributed by atoms with Gasteiger partial charge in [-0.2, -0.15) is 10.5 Å². The number of nitrogen functional groups attached to an aromatic ring is 1. The third-order valence-electron chi connectivity index (χ3n) is 1.89. The van der Waals surface area contributed by atoms with Gasteiger partial charge < -0.3 is 10.6 Å². The zero-order chi connectivity index (χ0) is 12.0. The van der Waals surface area contributed by atoms with E-state index in [1.807, 2.05) is 12.1 Å². The summed E-state index contributed by atoms with van der Waals surface area (Å²) in [6, 6.07) is 5.10. The van der Waals surface area contributed by atoms with Crippen LogP contribution in [0.2, 0.25) is 0 Å². The number of nitriles is 2. The van der Waals surface area contributed by atoms with Crippen LogP contribution in [0, 0.1) is 22.7 Å². The van der Waals surface area contributed by atoms with Crippen molar-refractivity contribution in [2.45, 2.75) is 0 Å². The van der Waals surface area contributed by atoms with Gasteiger partial charge in [0.2, 0.25) is 0 Å². The fraction of sp³-hybridized carbons (Fsp3) is 0.200. The summed E-state index contributed by atoms with van der Waals surface area (Å²) in [5.74, 6) is -0.442. The van der Waals surface area contributed by atoms with Crippen molar-refractivity contribution in [3.05, 3.63) is 24.0 Å². The standard InChI is InChI=1S/C10H9N5O/c11-2-5-15(6-3-12)10(16)8-1-4-14-7-9(8)13/h1,4,7H,5-6,13H2. The Kier molecular flexibility index (Phi) is 3.82. The fourth-order valence-electron chi connectivity index (χ4n) is 1.14. The molecule has 1 aromatic heterocycles. The highest BCUT2D eigenvalue weighted by Crippen LogP contribution is 2.11. The Labute approximate surface area is 92.5 Å². The lowest BCUT2D eigenvalue weighted by molar-refractivity contribution is 0.0795. The molecule has 0 aliphatic carbocycles. The summed E-state index contributed by atoms with van der Waals surface area (Å²) in [4.78, 5) is 16.7. The van der Waals surface area contributed by atoms with Gasteiger partial charge in [0.25, 0.3) is 5.91 Å². The Morgan fingerprint density at radius 2 is 2.06 bits per heavy atom. The van der Waals surface area contributed by atoms with Crippen LogP contribution in [0.25, 0.3) is 0 Å². The summed E-state index contributed by atoms with van der Waals surface area (Å²) < 4.78 is 0. The normalized spacial score (nSPS) is 8.88. The number of aromatic nitrogens is 1. The molecule has 1 amide bonds. The van der Waals surface area contributed by atoms with Gasteiger partial charge in [-0.15, -0.1) is 0 Å². The van der Waals surface area contributed by atoms with Crippen molar-refractivity contribution in [1.29, 1.82) is 10.5 Å². The Bertz CT molecular complexity index is 455. The Hall–Kier alpha value is -2.60. The quantitative estimate of drug-likeness (QED) is 0.722. The van der Waals surface area contributed by atoms with Crippen LogP contribution in [0.1, 0.15) is 10.4 Å². The molecule has 0 aromatic carbocycles. The average Bonchev–Trinajstić information content (AvgIpc) is 2.28. The van der Waals surface area contributed by atoms with Gasteiger partial charge in [0.05, 0.1) is 29.6 Å². The van der Waals surface area contributed by atoms with E-state index in [0.29, 0.717) is 0 Å². The summed E-state index contributed by atoms with van der Waals surface area (Å²) in [5, 5.41) is 17.1. The Morgan fingerprint density at radius 3 is 2.56 bits per heavy atom. The lowest BCUT2D eigenvalue weighted by Gasteiger charge is -2.16. The van der Waals surface area contributed by atoms with Crippen molar-refractivity contribution < 1.29 is 4.79 Å². The zero-order valence-electron chi connectivity index (χ0n) is 8.42. The predicted octanol–water partition coefficient (Wildman–Crippen LogP) is 0.153. The third kappa shape index (κ3) is 2.46. The minimum Gasteiger partial charge on any atom is -0.397 e. The summed E-state index contributed by atoms with van der Waals surface area (Å²) in [7, 11) is 0. The van der Waals surface area contributed by atoms with Crippen molar-refractivity contribution >= 4 is 11.6 Å². The molecule has 1 aromatic rings. The van der Waals surface area contributed by atoms with E-state index in [4.69, 9.17) is 16.3 Å². The van der Waals surface area contributed by atoms with Crippen LogP contribution in [-0.4, -0.2) is 28.9 Å². The van der Waals surface area contributed by atoms with Crippen LogP contribution in [0.3, 0.4) is 0 Å². The first-order valence-electron chi connectivity index (χ1n) is 4.43. The van der Waals surface area contributed by atoms with Crippen molar-refractivity contribution in [2.75, 3.05) is 18.8 Å². The van der Waals surface area contributed by atoms with E-state index in [0.717, 1.165) is 4.90 Å². The smallest absolute Gasteiger partial charge is 0.257 e. The van der Waals surface area contributed by atoms with Gasteiger partial charge in [-0.1, -0.05) is 0 Å². The van der Waals surface area contributed by atoms with E-state index in [9.17, 15) is 4.79 Å². The molecule has 0 unspecified atom stereocenters. The summed E-state index contributed by atoms with van der Waals surface area (Å²) in [6.07, 6.45) is 2.78. The van der Waals surface area contributed by atoms with E-state index in [1.54, 1.807) is 0 Å². The highest BCUT2D eigenvalue weighted by atomic mass is 16.2. The lowest BCUT2D eigenvalue weighted by Crippen LogP contribution is -2.32. The first kappa shape index (κ1) is 11.5. The van der Waals surface area contributed by atoms with Crippen molar-refractivity contribution in [3.8, 4) is 12.1 Å². The molecule has 1 rings (SSSR count). The van der Waals surface area contributed by atoms with Gasteiger partial charge in [-0.25, -0.2) is 0 Å². The van der Waals surface area contributed by atoms with Crippen LogP contribution < -0.4 is 5.73 Å². The number of rotatable bonds is 3. The number of pyridine rings is 1. The molecule has 0 fully saturated rings. The molecule has 0 spiro atoms. The van der Waals surface area contributed by atoms with E-state index in [-0.39, 0.29) is 24.3 Å². The van der Waals surface area contributed by atoms with Gasteiger partial charge in [-0.3, -0.25) is 9.78 Å². The van der Waals surface area contributed by atoms with Gasteiger partial charge in [0, 0.05) is 6.20 Å². The maximum atomic E-state index is 11.9. The highest BCUT2D eigenvalue weighted by molar-refractivity contribution is 5.99. The van der Waals surface area contributed by atoms with Gasteiger partial charge in [0.1, 0.15) is 13.1 Å². The van der Waals surface area contributed by atoms with E-state index in [2.05, 4.69) is 4.98 Å². The van der Waals surface area contributed by atoms with Crippen LogP contribution >= 0.6 is 0 Å². The second-order valence-electron chi connectivity index (χ2n) is 2.94. The number of carbonyl (C=O) groups excluding carboxylic acids is 1. The molecule has 0 aliphatic rings. The third-order valence-corrected chi connectivity index (χ3v) is 1.89. The second kappa shape index (κ2) is 5.32. The topological polar surface area (TPSA) is 107 Å². The minimum absolute atomic E-state index is 0.145. The SMILES string of the molecule is N#CCN(CC#N)C(=O)c1ccncc1N. The number of hydrogen-bond acceptors (Lipinski definition) is 5. The molecule has 80 valence electrons. The zero-order valence-corrected chi connectivity index (χ0v) is 8.42. The lowest BCUT2D eigenvalue weighted by atomic mass is 10.2. The molecular formula is C10H9N5O. The van der Waals surface area contributed by atoms with Crippen molar-refractivity contribution in [2.24, 2.45) is 0 Å². The first-order chi connectivity index (χ1) is 7.70. The number of carbonyl (C=O) groups is 1. The van der Waals surface area contributed by atoms with Crippen LogP contribution in [-0.2, 0) is 0 Å². The minimum atomic E-state index is -0.442. The Balaban J connectivity index is 2.96. The Morgan fingerprint density at radius 1 is 1.44 bits per heavy atom. The summed E-state index contributed by atoms with van der Waals surface area (Å²) in [6.45, 7) is -0.289. The largest absolute Gasteiger partial charge is 0.397 e. The van der Waals surface area contributed by atoms with Crippen LogP contribution in [0.15, 0.2) is 18.5 Å². The average molecular weight is 215 g/mol. The number of anilines is 1. The molecule has 6 nitrogen and oxygen atoms in total. The van der Waals surface area contributed by atoms with Crippen LogP contribution in [0.5, 0.6) is 0 Å². The molecule has 1 heterocycles. The highest BCUT2D eigenvalue weighted by Gasteiger charge is 2.17. The molecule has 0 saturated carbocycles. The maximum Gasteiger partial charge on any atom is 0.257 e. The van der Waals surface area contributed by atoms with E-state index in [1.165, 1.54) is 18.5 Å². The molecule has 16 heavy (non-hydrogen) atoms. The molecule has 6 heteroatoms. The maximum absolute atomic E-state index is 11.9. The van der Waals surface area contributed by atoms with Gasteiger partial charge >= 0.3 is 0 Å².